The quantitative estimate of drug-likeness (QED) is 0.704. The zero-order valence-corrected chi connectivity index (χ0v) is 8.93. The molecule has 1 aromatic rings. The molecule has 0 amide bonds. The van der Waals surface area contributed by atoms with E-state index in [4.69, 9.17) is 5.73 Å². The van der Waals surface area contributed by atoms with E-state index in [0.717, 1.165) is 11.4 Å². The number of nitrogens with two attached hydrogens (primary N) is 1. The van der Waals surface area contributed by atoms with Gasteiger partial charge in [-0.1, -0.05) is 12.1 Å². The Morgan fingerprint density at radius 2 is 2.07 bits per heavy atom. The van der Waals surface area contributed by atoms with Crippen molar-refractivity contribution in [3.8, 4) is 0 Å². The van der Waals surface area contributed by atoms with Gasteiger partial charge < -0.3 is 11.1 Å². The van der Waals surface area contributed by atoms with Crippen LogP contribution in [-0.4, -0.2) is 5.54 Å². The summed E-state index contributed by atoms with van der Waals surface area (Å²) in [4.78, 5) is 0. The lowest BCUT2D eigenvalue weighted by Crippen LogP contribution is -2.42. The lowest BCUT2D eigenvalue weighted by molar-refractivity contribution is 0.306. The summed E-state index contributed by atoms with van der Waals surface area (Å²) in [6.45, 7) is 4.36. The Hall–Kier alpha value is -1.18. The second-order valence-corrected chi connectivity index (χ2v) is 4.58. The van der Waals surface area contributed by atoms with Gasteiger partial charge in [-0.15, -0.1) is 0 Å². The molecule has 0 saturated heterocycles. The van der Waals surface area contributed by atoms with Gasteiger partial charge in [-0.05, 0) is 44.7 Å². The Morgan fingerprint density at radius 3 is 2.57 bits per heavy atom. The maximum atomic E-state index is 5.94. The first-order valence-electron chi connectivity index (χ1n) is 5.24. The number of hydrogen-bond donors (Lipinski definition) is 2. The summed E-state index contributed by atoms with van der Waals surface area (Å²) >= 11 is 0. The van der Waals surface area contributed by atoms with Crippen molar-refractivity contribution in [2.24, 2.45) is 0 Å². The molecule has 1 fully saturated rings. The first-order valence-corrected chi connectivity index (χ1v) is 5.24. The molecule has 1 saturated carbocycles. The molecule has 0 atom stereocenters. The molecule has 0 unspecified atom stereocenters. The van der Waals surface area contributed by atoms with Crippen molar-refractivity contribution in [3.05, 3.63) is 23.8 Å². The van der Waals surface area contributed by atoms with Crippen LogP contribution in [0.15, 0.2) is 18.2 Å². The number of anilines is 2. The zero-order chi connectivity index (χ0) is 10.2. The van der Waals surface area contributed by atoms with E-state index in [2.05, 4.69) is 25.2 Å². The molecule has 0 bridgehead atoms. The summed E-state index contributed by atoms with van der Waals surface area (Å²) in [5.74, 6) is 0. The minimum atomic E-state index is 0.278. The average molecular weight is 190 g/mol. The summed E-state index contributed by atoms with van der Waals surface area (Å²) in [5, 5.41) is 3.57. The molecule has 3 N–H and O–H groups in total. The molecule has 0 radical (unpaired) electrons. The van der Waals surface area contributed by atoms with Crippen LogP contribution in [-0.2, 0) is 0 Å². The minimum absolute atomic E-state index is 0.278. The second-order valence-electron chi connectivity index (χ2n) is 4.58. The molecule has 76 valence electrons. The number of para-hydroxylation sites is 1. The van der Waals surface area contributed by atoms with Gasteiger partial charge in [0.05, 0.1) is 11.4 Å². The average Bonchev–Trinajstić information content (AvgIpc) is 2.09. The lowest BCUT2D eigenvalue weighted by Gasteiger charge is -2.40. The standard InChI is InChI=1S/C12H18N2/c1-9-5-3-6-10(13)11(9)14-12(2)7-4-8-12/h3,5-6,14H,4,7-8,13H2,1-2H3. The summed E-state index contributed by atoms with van der Waals surface area (Å²) in [6.07, 6.45) is 3.83. The van der Waals surface area contributed by atoms with Gasteiger partial charge in [0, 0.05) is 5.54 Å². The zero-order valence-electron chi connectivity index (χ0n) is 8.93. The van der Waals surface area contributed by atoms with E-state index in [9.17, 15) is 0 Å². The Morgan fingerprint density at radius 1 is 1.36 bits per heavy atom. The van der Waals surface area contributed by atoms with Crippen molar-refractivity contribution in [1.29, 1.82) is 0 Å². The molecule has 1 aliphatic rings. The monoisotopic (exact) mass is 190 g/mol. The van der Waals surface area contributed by atoms with Crippen LogP contribution in [0.2, 0.25) is 0 Å². The third-order valence-corrected chi connectivity index (χ3v) is 3.19. The van der Waals surface area contributed by atoms with Crippen molar-refractivity contribution < 1.29 is 0 Å². The van der Waals surface area contributed by atoms with Crippen molar-refractivity contribution in [3.63, 3.8) is 0 Å². The summed E-state index contributed by atoms with van der Waals surface area (Å²) in [5.41, 5.74) is 9.44. The molecule has 1 aromatic carbocycles. The fraction of sp³-hybridized carbons (Fsp3) is 0.500. The predicted octanol–water partition coefficient (Wildman–Crippen LogP) is 2.93. The fourth-order valence-corrected chi connectivity index (χ4v) is 2.00. The molecule has 2 rings (SSSR count). The summed E-state index contributed by atoms with van der Waals surface area (Å²) in [7, 11) is 0. The highest BCUT2D eigenvalue weighted by Gasteiger charge is 2.32. The van der Waals surface area contributed by atoms with Gasteiger partial charge in [-0.25, -0.2) is 0 Å². The number of hydrogen-bond acceptors (Lipinski definition) is 2. The van der Waals surface area contributed by atoms with Gasteiger partial charge >= 0.3 is 0 Å². The van der Waals surface area contributed by atoms with E-state index >= 15 is 0 Å². The van der Waals surface area contributed by atoms with E-state index in [1.807, 2.05) is 12.1 Å². The molecule has 0 spiro atoms. The van der Waals surface area contributed by atoms with Gasteiger partial charge in [0.2, 0.25) is 0 Å². The van der Waals surface area contributed by atoms with E-state index in [-0.39, 0.29) is 5.54 Å². The van der Waals surface area contributed by atoms with Crippen LogP contribution < -0.4 is 11.1 Å². The molecule has 0 aliphatic heterocycles. The van der Waals surface area contributed by atoms with E-state index in [0.29, 0.717) is 0 Å². The first kappa shape index (κ1) is 9.38. The van der Waals surface area contributed by atoms with Crippen LogP contribution in [0, 0.1) is 6.92 Å². The van der Waals surface area contributed by atoms with Gasteiger partial charge in [0.1, 0.15) is 0 Å². The second kappa shape index (κ2) is 3.19. The molecule has 2 heteroatoms. The van der Waals surface area contributed by atoms with Crippen LogP contribution in [0.1, 0.15) is 31.7 Å². The number of nitrogen functional groups attached to an aromatic ring is 1. The maximum absolute atomic E-state index is 5.94. The number of aryl methyl sites for hydroxylation is 1. The molecule has 14 heavy (non-hydrogen) atoms. The van der Waals surface area contributed by atoms with Gasteiger partial charge in [-0.3, -0.25) is 0 Å². The summed E-state index contributed by atoms with van der Waals surface area (Å²) < 4.78 is 0. The Balaban J connectivity index is 2.23. The fourth-order valence-electron chi connectivity index (χ4n) is 2.00. The number of benzene rings is 1. The Kier molecular flexibility index (Phi) is 2.14. The van der Waals surface area contributed by atoms with Crippen molar-refractivity contribution >= 4 is 11.4 Å². The van der Waals surface area contributed by atoms with E-state index < -0.39 is 0 Å². The number of rotatable bonds is 2. The van der Waals surface area contributed by atoms with E-state index in [1.54, 1.807) is 0 Å². The molecule has 2 nitrogen and oxygen atoms in total. The normalized spacial score (nSPS) is 18.7. The first-order chi connectivity index (χ1) is 6.61. The predicted molar refractivity (Wildman–Crippen MR) is 61.5 cm³/mol. The largest absolute Gasteiger partial charge is 0.397 e. The summed E-state index contributed by atoms with van der Waals surface area (Å²) in [6, 6.07) is 6.05. The molecular formula is C12H18N2. The Labute approximate surface area is 85.5 Å². The van der Waals surface area contributed by atoms with Crippen LogP contribution in [0.3, 0.4) is 0 Å². The minimum Gasteiger partial charge on any atom is -0.397 e. The van der Waals surface area contributed by atoms with Crippen molar-refractivity contribution in [2.75, 3.05) is 11.1 Å². The molecule has 1 aliphatic carbocycles. The maximum Gasteiger partial charge on any atom is 0.0607 e. The van der Waals surface area contributed by atoms with Crippen LogP contribution in [0.5, 0.6) is 0 Å². The smallest absolute Gasteiger partial charge is 0.0607 e. The topological polar surface area (TPSA) is 38.0 Å². The Bertz CT molecular complexity index is 320. The third kappa shape index (κ3) is 1.57. The van der Waals surface area contributed by atoms with E-state index in [1.165, 1.54) is 24.8 Å². The molecular weight excluding hydrogens is 172 g/mol. The van der Waals surface area contributed by atoms with Crippen LogP contribution >= 0.6 is 0 Å². The third-order valence-electron chi connectivity index (χ3n) is 3.19. The SMILES string of the molecule is Cc1cccc(N)c1NC1(C)CCC1. The lowest BCUT2D eigenvalue weighted by atomic mass is 9.78. The highest BCUT2D eigenvalue weighted by Crippen LogP contribution is 2.37. The highest BCUT2D eigenvalue weighted by atomic mass is 15.0. The molecule has 0 heterocycles. The van der Waals surface area contributed by atoms with Gasteiger partial charge in [-0.2, -0.15) is 0 Å². The van der Waals surface area contributed by atoms with Crippen molar-refractivity contribution in [1.82, 2.24) is 0 Å². The number of nitrogens with one attached hydrogen (secondary N) is 1. The van der Waals surface area contributed by atoms with Gasteiger partial charge in [0.25, 0.3) is 0 Å². The van der Waals surface area contributed by atoms with Gasteiger partial charge in [0.15, 0.2) is 0 Å². The highest BCUT2D eigenvalue weighted by molar-refractivity contribution is 5.70. The molecule has 0 aromatic heterocycles. The van der Waals surface area contributed by atoms with Crippen LogP contribution in [0.4, 0.5) is 11.4 Å². The van der Waals surface area contributed by atoms with Crippen LogP contribution in [0.25, 0.3) is 0 Å². The van der Waals surface area contributed by atoms with Crippen molar-refractivity contribution in [2.45, 2.75) is 38.6 Å².